The van der Waals surface area contributed by atoms with Gasteiger partial charge in [0.05, 0.1) is 7.11 Å². The molecule has 1 fully saturated rings. The highest BCUT2D eigenvalue weighted by atomic mass is 16.5. The van der Waals surface area contributed by atoms with E-state index in [0.717, 1.165) is 55.8 Å². The molecule has 27 heavy (non-hydrogen) atoms. The van der Waals surface area contributed by atoms with E-state index in [1.807, 2.05) is 32.0 Å². The lowest BCUT2D eigenvalue weighted by molar-refractivity contribution is -0.116. The van der Waals surface area contributed by atoms with Gasteiger partial charge in [0.1, 0.15) is 5.75 Å². The first-order valence-electron chi connectivity index (χ1n) is 9.61. The van der Waals surface area contributed by atoms with E-state index >= 15 is 0 Å². The molecule has 0 unspecified atom stereocenters. The highest BCUT2D eigenvalue weighted by Gasteiger charge is 2.24. The Morgan fingerprint density at radius 3 is 3.00 bits per heavy atom. The minimum absolute atomic E-state index is 0.0493. The normalized spacial score (nSPS) is 17.0. The second kappa shape index (κ2) is 8.88. The van der Waals surface area contributed by atoms with Gasteiger partial charge in [0.2, 0.25) is 11.8 Å². The molecule has 1 aliphatic rings. The van der Waals surface area contributed by atoms with Gasteiger partial charge in [-0.1, -0.05) is 6.92 Å². The number of aryl methyl sites for hydroxylation is 2. The summed E-state index contributed by atoms with van der Waals surface area (Å²) in [5.41, 5.74) is 1.83. The van der Waals surface area contributed by atoms with Gasteiger partial charge in [-0.25, -0.2) is 0 Å². The van der Waals surface area contributed by atoms with Gasteiger partial charge in [0.15, 0.2) is 0 Å². The predicted octanol–water partition coefficient (Wildman–Crippen LogP) is 3.58. The highest BCUT2D eigenvalue weighted by molar-refractivity contribution is 5.91. The van der Waals surface area contributed by atoms with E-state index < -0.39 is 0 Å². The molecule has 7 heteroatoms. The number of methoxy groups -OCH3 is 1. The van der Waals surface area contributed by atoms with Crippen LogP contribution in [0.15, 0.2) is 22.7 Å². The maximum atomic E-state index is 12.4. The molecule has 7 nitrogen and oxygen atoms in total. The zero-order chi connectivity index (χ0) is 19.2. The third kappa shape index (κ3) is 4.99. The van der Waals surface area contributed by atoms with Gasteiger partial charge in [-0.2, -0.15) is 4.98 Å². The van der Waals surface area contributed by atoms with Gasteiger partial charge < -0.3 is 19.5 Å². The summed E-state index contributed by atoms with van der Waals surface area (Å²) >= 11 is 0. The van der Waals surface area contributed by atoms with Crippen LogP contribution in [0.3, 0.4) is 0 Å². The van der Waals surface area contributed by atoms with E-state index in [9.17, 15) is 4.79 Å². The van der Waals surface area contributed by atoms with Crippen LogP contribution >= 0.6 is 0 Å². The minimum atomic E-state index is 0.0493. The molecule has 2 heterocycles. The average Bonchev–Trinajstić information content (AvgIpc) is 3.17. The summed E-state index contributed by atoms with van der Waals surface area (Å²) in [7, 11) is 1.64. The number of nitrogens with zero attached hydrogens (tertiary/aromatic N) is 3. The number of hydrogen-bond acceptors (Lipinski definition) is 6. The Morgan fingerprint density at radius 1 is 1.44 bits per heavy atom. The first-order valence-corrected chi connectivity index (χ1v) is 9.61. The van der Waals surface area contributed by atoms with Crippen molar-refractivity contribution in [2.24, 2.45) is 5.92 Å². The molecule has 0 aliphatic carbocycles. The molecule has 1 aromatic carbocycles. The maximum Gasteiger partial charge on any atom is 0.266 e. The molecule has 1 aromatic heterocycles. The first-order chi connectivity index (χ1) is 13.1. The largest absolute Gasteiger partial charge is 0.497 e. The molecule has 146 valence electrons. The van der Waals surface area contributed by atoms with Crippen LogP contribution in [-0.2, 0) is 11.2 Å². The summed E-state index contributed by atoms with van der Waals surface area (Å²) in [6.45, 7) is 5.78. The van der Waals surface area contributed by atoms with Crippen molar-refractivity contribution >= 4 is 17.5 Å². The van der Waals surface area contributed by atoms with Crippen LogP contribution in [0.5, 0.6) is 5.75 Å². The third-order valence-electron chi connectivity index (χ3n) is 5.05. The first kappa shape index (κ1) is 19.2. The monoisotopic (exact) mass is 372 g/mol. The van der Waals surface area contributed by atoms with Gasteiger partial charge in [-0.15, -0.1) is 0 Å². The molecule has 1 amide bonds. The molecule has 0 bridgehead atoms. The number of aromatic nitrogens is 2. The third-order valence-corrected chi connectivity index (χ3v) is 5.05. The molecule has 3 rings (SSSR count). The SMILES string of the molecule is CCc1nc(N2CCC[C@@H](CCC(=O)Nc3ccc(OC)cc3C)C2)no1. The average molecular weight is 372 g/mol. The number of hydrogen-bond donors (Lipinski definition) is 1. The van der Waals surface area contributed by atoms with E-state index in [2.05, 4.69) is 20.4 Å². The fourth-order valence-corrected chi connectivity index (χ4v) is 3.45. The Kier molecular flexibility index (Phi) is 6.32. The summed E-state index contributed by atoms with van der Waals surface area (Å²) in [6, 6.07) is 5.66. The van der Waals surface area contributed by atoms with Crippen molar-refractivity contribution in [2.75, 3.05) is 30.4 Å². The molecule has 2 aromatic rings. The summed E-state index contributed by atoms with van der Waals surface area (Å²) in [4.78, 5) is 18.9. The summed E-state index contributed by atoms with van der Waals surface area (Å²) in [5.74, 6) is 2.65. The number of carbonyl (C=O) groups is 1. The number of ether oxygens (including phenoxy) is 1. The smallest absolute Gasteiger partial charge is 0.266 e. The fraction of sp³-hybridized carbons (Fsp3) is 0.550. The molecule has 1 N–H and O–H groups in total. The number of benzene rings is 1. The van der Waals surface area contributed by atoms with Crippen LogP contribution in [0.4, 0.5) is 11.6 Å². The maximum absolute atomic E-state index is 12.4. The Labute approximate surface area is 160 Å². The number of rotatable bonds is 7. The standard InChI is InChI=1S/C20H28N4O3/c1-4-19-22-20(23-27-19)24-11-5-6-15(13-24)7-10-18(25)21-17-9-8-16(26-3)12-14(17)2/h8-9,12,15H,4-7,10-11,13H2,1-3H3,(H,21,25)/t15-/m0/s1. The summed E-state index contributed by atoms with van der Waals surface area (Å²) < 4.78 is 10.4. The highest BCUT2D eigenvalue weighted by Crippen LogP contribution is 2.25. The van der Waals surface area contributed by atoms with Crippen molar-refractivity contribution in [2.45, 2.75) is 46.0 Å². The summed E-state index contributed by atoms with van der Waals surface area (Å²) in [5, 5.41) is 7.08. The van der Waals surface area contributed by atoms with Crippen molar-refractivity contribution in [3.8, 4) is 5.75 Å². The molecular formula is C20H28N4O3. The molecule has 1 saturated heterocycles. The van der Waals surface area contributed by atoms with E-state index in [1.54, 1.807) is 7.11 Å². The van der Waals surface area contributed by atoms with Gasteiger partial charge >= 0.3 is 0 Å². The fourth-order valence-electron chi connectivity index (χ4n) is 3.45. The lowest BCUT2D eigenvalue weighted by Crippen LogP contribution is -2.36. The van der Waals surface area contributed by atoms with E-state index in [0.29, 0.717) is 24.2 Å². The number of anilines is 2. The van der Waals surface area contributed by atoms with Crippen LogP contribution in [0.25, 0.3) is 0 Å². The quantitative estimate of drug-likeness (QED) is 0.800. The van der Waals surface area contributed by atoms with Crippen LogP contribution in [0.2, 0.25) is 0 Å². The molecule has 1 aliphatic heterocycles. The van der Waals surface area contributed by atoms with E-state index in [4.69, 9.17) is 9.26 Å². The Bertz CT molecular complexity index is 774. The van der Waals surface area contributed by atoms with Gasteiger partial charge in [-0.05, 0) is 61.0 Å². The molecule has 0 radical (unpaired) electrons. The molecular weight excluding hydrogens is 344 g/mol. The molecule has 1 atom stereocenters. The number of amides is 1. The predicted molar refractivity (Wildman–Crippen MR) is 104 cm³/mol. The number of piperidine rings is 1. The molecule has 0 spiro atoms. The van der Waals surface area contributed by atoms with Gasteiger partial charge in [0.25, 0.3) is 5.95 Å². The lowest BCUT2D eigenvalue weighted by Gasteiger charge is -2.31. The van der Waals surface area contributed by atoms with Gasteiger partial charge in [-0.3, -0.25) is 4.79 Å². The van der Waals surface area contributed by atoms with Crippen LogP contribution < -0.4 is 15.0 Å². The Hall–Kier alpha value is -2.57. The number of nitrogens with one attached hydrogen (secondary N) is 1. The topological polar surface area (TPSA) is 80.5 Å². The van der Waals surface area contributed by atoms with Crippen molar-refractivity contribution in [1.29, 1.82) is 0 Å². The Morgan fingerprint density at radius 2 is 2.30 bits per heavy atom. The van der Waals surface area contributed by atoms with Crippen molar-refractivity contribution in [1.82, 2.24) is 10.1 Å². The van der Waals surface area contributed by atoms with Crippen LogP contribution in [0.1, 0.15) is 44.1 Å². The van der Waals surface area contributed by atoms with E-state index in [1.165, 1.54) is 0 Å². The molecule has 0 saturated carbocycles. The van der Waals surface area contributed by atoms with Crippen molar-refractivity contribution in [3.05, 3.63) is 29.7 Å². The zero-order valence-corrected chi connectivity index (χ0v) is 16.3. The number of carbonyl (C=O) groups excluding carboxylic acids is 1. The van der Waals surface area contributed by atoms with Crippen molar-refractivity contribution in [3.63, 3.8) is 0 Å². The Balaban J connectivity index is 1.49. The van der Waals surface area contributed by atoms with Crippen LogP contribution in [-0.4, -0.2) is 36.2 Å². The van der Waals surface area contributed by atoms with E-state index in [-0.39, 0.29) is 5.91 Å². The van der Waals surface area contributed by atoms with Gasteiger partial charge in [0, 0.05) is 31.6 Å². The lowest BCUT2D eigenvalue weighted by atomic mass is 9.93. The van der Waals surface area contributed by atoms with Crippen LogP contribution in [0, 0.1) is 12.8 Å². The zero-order valence-electron chi connectivity index (χ0n) is 16.3. The minimum Gasteiger partial charge on any atom is -0.497 e. The van der Waals surface area contributed by atoms with Crippen molar-refractivity contribution < 1.29 is 14.1 Å². The second-order valence-corrected chi connectivity index (χ2v) is 7.06. The summed E-state index contributed by atoms with van der Waals surface area (Å²) in [6.07, 6.45) is 4.32. The second-order valence-electron chi connectivity index (χ2n) is 7.06.